The second-order valence-corrected chi connectivity index (χ2v) is 7.61. The molecule has 0 radical (unpaired) electrons. The number of rotatable bonds is 4. The molecule has 2 aromatic heterocycles. The first-order chi connectivity index (χ1) is 7.99. The lowest BCUT2D eigenvalue weighted by atomic mass is 10.6. The van der Waals surface area contributed by atoms with Crippen LogP contribution < -0.4 is 4.72 Å². The van der Waals surface area contributed by atoms with Crippen molar-refractivity contribution in [3.05, 3.63) is 26.7 Å². The number of hydrogen-bond acceptors (Lipinski definition) is 6. The summed E-state index contributed by atoms with van der Waals surface area (Å²) in [5.74, 6) is 0. The molecule has 0 saturated heterocycles. The zero-order valence-corrected chi connectivity index (χ0v) is 11.9. The van der Waals surface area contributed by atoms with Gasteiger partial charge in [-0.05, 0) is 6.92 Å². The lowest BCUT2D eigenvalue weighted by Gasteiger charge is -2.02. The third kappa shape index (κ3) is 3.02. The molecule has 2 rings (SSSR count). The highest BCUT2D eigenvalue weighted by Crippen LogP contribution is 2.26. The van der Waals surface area contributed by atoms with Crippen LogP contribution >= 0.6 is 34.3 Å². The van der Waals surface area contributed by atoms with E-state index in [0.29, 0.717) is 10.7 Å². The number of halogens is 1. The molecule has 0 aliphatic rings. The van der Waals surface area contributed by atoms with Crippen LogP contribution in [0, 0.1) is 6.92 Å². The molecular weight excluding hydrogens is 302 g/mol. The lowest BCUT2D eigenvalue weighted by Crippen LogP contribution is -2.22. The summed E-state index contributed by atoms with van der Waals surface area (Å²) in [4.78, 5) is 7.87. The minimum atomic E-state index is -3.56. The Labute approximate surface area is 112 Å². The van der Waals surface area contributed by atoms with E-state index in [9.17, 15) is 8.42 Å². The van der Waals surface area contributed by atoms with E-state index in [4.69, 9.17) is 11.6 Å². The molecule has 9 heteroatoms. The number of aryl methyl sites for hydroxylation is 1. The van der Waals surface area contributed by atoms with Gasteiger partial charge in [-0.2, -0.15) is 0 Å². The van der Waals surface area contributed by atoms with Crippen LogP contribution in [0.5, 0.6) is 0 Å². The molecule has 0 fully saturated rings. The van der Waals surface area contributed by atoms with E-state index >= 15 is 0 Å². The third-order valence-electron chi connectivity index (χ3n) is 1.87. The standard InChI is InChI=1S/C8H8ClN3O2S3/c1-5-7(16-8(9)12-5)17(13,14)11-4-6-10-2-3-15-6/h2-3,11H,4H2,1H3. The summed E-state index contributed by atoms with van der Waals surface area (Å²) in [6, 6.07) is 0. The molecule has 0 unspecified atom stereocenters. The van der Waals surface area contributed by atoms with Crippen LogP contribution in [0.15, 0.2) is 15.8 Å². The molecule has 2 aromatic rings. The summed E-state index contributed by atoms with van der Waals surface area (Å²) in [6.45, 7) is 1.79. The van der Waals surface area contributed by atoms with Gasteiger partial charge in [-0.15, -0.1) is 11.3 Å². The largest absolute Gasteiger partial charge is 0.252 e. The van der Waals surface area contributed by atoms with Crippen molar-refractivity contribution >= 4 is 44.3 Å². The Kier molecular flexibility index (Phi) is 3.79. The number of hydrogen-bond donors (Lipinski definition) is 1. The molecule has 1 N–H and O–H groups in total. The summed E-state index contributed by atoms with van der Waals surface area (Å²) in [5, 5.41) is 2.50. The van der Waals surface area contributed by atoms with Gasteiger partial charge in [-0.3, -0.25) is 0 Å². The molecule has 0 atom stereocenters. The fraction of sp³-hybridized carbons (Fsp3) is 0.250. The molecule has 5 nitrogen and oxygen atoms in total. The highest BCUT2D eigenvalue weighted by atomic mass is 35.5. The quantitative estimate of drug-likeness (QED) is 0.938. The summed E-state index contributed by atoms with van der Waals surface area (Å²) >= 11 is 8.01. The molecule has 2 heterocycles. The predicted molar refractivity (Wildman–Crippen MR) is 68.0 cm³/mol. The predicted octanol–water partition coefficient (Wildman–Crippen LogP) is 2.04. The maximum atomic E-state index is 11.9. The van der Waals surface area contributed by atoms with Crippen molar-refractivity contribution in [2.24, 2.45) is 0 Å². The van der Waals surface area contributed by atoms with E-state index < -0.39 is 10.0 Å². The van der Waals surface area contributed by atoms with Gasteiger partial charge in [0.15, 0.2) is 8.68 Å². The molecule has 0 bridgehead atoms. The van der Waals surface area contributed by atoms with Crippen molar-refractivity contribution in [2.45, 2.75) is 17.7 Å². The molecule has 0 amide bonds. The van der Waals surface area contributed by atoms with Crippen LogP contribution in [-0.2, 0) is 16.6 Å². The van der Waals surface area contributed by atoms with Crippen LogP contribution in [0.1, 0.15) is 10.7 Å². The first kappa shape index (κ1) is 12.9. The second kappa shape index (κ2) is 4.99. The van der Waals surface area contributed by atoms with Crippen LogP contribution in [0.25, 0.3) is 0 Å². The van der Waals surface area contributed by atoms with Crippen molar-refractivity contribution in [3.63, 3.8) is 0 Å². The summed E-state index contributed by atoms with van der Waals surface area (Å²) in [6.07, 6.45) is 1.63. The minimum Gasteiger partial charge on any atom is -0.248 e. The Hall–Kier alpha value is -0.540. The van der Waals surface area contributed by atoms with Crippen LogP contribution in [0.4, 0.5) is 0 Å². The van der Waals surface area contributed by atoms with E-state index in [1.54, 1.807) is 18.5 Å². The van der Waals surface area contributed by atoms with Crippen LogP contribution in [0.2, 0.25) is 4.47 Å². The minimum absolute atomic E-state index is 0.152. The second-order valence-electron chi connectivity index (χ2n) is 3.09. The van der Waals surface area contributed by atoms with E-state index in [2.05, 4.69) is 14.7 Å². The van der Waals surface area contributed by atoms with Gasteiger partial charge in [-0.25, -0.2) is 23.1 Å². The lowest BCUT2D eigenvalue weighted by molar-refractivity contribution is 0.582. The Morgan fingerprint density at radius 3 is 2.82 bits per heavy atom. The average Bonchev–Trinajstić information content (AvgIpc) is 2.85. The maximum Gasteiger partial charge on any atom is 0.252 e. The Morgan fingerprint density at radius 1 is 1.53 bits per heavy atom. The van der Waals surface area contributed by atoms with Crippen molar-refractivity contribution in [1.29, 1.82) is 0 Å². The van der Waals surface area contributed by atoms with E-state index in [1.165, 1.54) is 11.3 Å². The first-order valence-electron chi connectivity index (χ1n) is 4.50. The molecule has 17 heavy (non-hydrogen) atoms. The molecular formula is C8H8ClN3O2S3. The van der Waals surface area contributed by atoms with Gasteiger partial charge >= 0.3 is 0 Å². The van der Waals surface area contributed by atoms with Gasteiger partial charge in [0.05, 0.1) is 12.2 Å². The topological polar surface area (TPSA) is 72.0 Å². The van der Waals surface area contributed by atoms with Gasteiger partial charge in [-0.1, -0.05) is 22.9 Å². The molecule has 0 aromatic carbocycles. The summed E-state index contributed by atoms with van der Waals surface area (Å²) in [5.41, 5.74) is 0.409. The maximum absolute atomic E-state index is 11.9. The van der Waals surface area contributed by atoms with Gasteiger partial charge in [0, 0.05) is 11.6 Å². The van der Waals surface area contributed by atoms with Crippen molar-refractivity contribution in [2.75, 3.05) is 0 Å². The number of nitrogens with zero attached hydrogens (tertiary/aromatic N) is 2. The SMILES string of the molecule is Cc1nc(Cl)sc1S(=O)(=O)NCc1nccs1. The van der Waals surface area contributed by atoms with E-state index in [-0.39, 0.29) is 15.2 Å². The number of nitrogens with one attached hydrogen (secondary N) is 1. The van der Waals surface area contributed by atoms with E-state index in [0.717, 1.165) is 11.3 Å². The number of sulfonamides is 1. The monoisotopic (exact) mass is 309 g/mol. The van der Waals surface area contributed by atoms with Gasteiger partial charge in [0.1, 0.15) is 5.01 Å². The Bertz CT molecular complexity index is 606. The average molecular weight is 310 g/mol. The fourth-order valence-corrected chi connectivity index (χ4v) is 4.58. The Morgan fingerprint density at radius 2 is 2.29 bits per heavy atom. The summed E-state index contributed by atoms with van der Waals surface area (Å²) in [7, 11) is -3.56. The summed E-state index contributed by atoms with van der Waals surface area (Å²) < 4.78 is 26.7. The smallest absolute Gasteiger partial charge is 0.248 e. The van der Waals surface area contributed by atoms with Crippen molar-refractivity contribution in [1.82, 2.24) is 14.7 Å². The first-order valence-corrected chi connectivity index (χ1v) is 8.06. The van der Waals surface area contributed by atoms with Gasteiger partial charge in [0.2, 0.25) is 0 Å². The molecule has 0 saturated carbocycles. The normalized spacial score (nSPS) is 11.9. The van der Waals surface area contributed by atoms with Crippen molar-refractivity contribution < 1.29 is 8.42 Å². The molecule has 92 valence electrons. The highest BCUT2D eigenvalue weighted by Gasteiger charge is 2.21. The molecule has 0 spiro atoms. The molecule has 0 aliphatic heterocycles. The fourth-order valence-electron chi connectivity index (χ4n) is 1.16. The van der Waals surface area contributed by atoms with Crippen molar-refractivity contribution in [3.8, 4) is 0 Å². The van der Waals surface area contributed by atoms with Gasteiger partial charge in [0.25, 0.3) is 10.0 Å². The third-order valence-corrected chi connectivity index (χ3v) is 5.92. The highest BCUT2D eigenvalue weighted by molar-refractivity contribution is 7.91. The van der Waals surface area contributed by atoms with Gasteiger partial charge < -0.3 is 0 Å². The molecule has 0 aliphatic carbocycles. The number of thiazole rings is 2. The van der Waals surface area contributed by atoms with Crippen LogP contribution in [0.3, 0.4) is 0 Å². The Balaban J connectivity index is 2.17. The van der Waals surface area contributed by atoms with E-state index in [1.807, 2.05) is 0 Å². The zero-order valence-electron chi connectivity index (χ0n) is 8.68. The van der Waals surface area contributed by atoms with Crippen LogP contribution in [-0.4, -0.2) is 18.4 Å². The zero-order chi connectivity index (χ0) is 12.5. The number of aromatic nitrogens is 2.